The zero-order valence-corrected chi connectivity index (χ0v) is 12.3. The smallest absolute Gasteiger partial charge is 0.163 e. The zero-order valence-electron chi connectivity index (χ0n) is 12.3. The molecular weight excluding hydrogens is 254 g/mol. The number of carbonyl (C=O) groups is 1. The number of methoxy groups -OCH3 is 1. The van der Waals surface area contributed by atoms with Crippen LogP contribution in [0.1, 0.15) is 30.1 Å². The van der Waals surface area contributed by atoms with Crippen molar-refractivity contribution in [2.75, 3.05) is 33.4 Å². The van der Waals surface area contributed by atoms with Gasteiger partial charge >= 0.3 is 0 Å². The Labute approximate surface area is 120 Å². The molecule has 4 heteroatoms. The van der Waals surface area contributed by atoms with Crippen LogP contribution >= 0.6 is 0 Å². The van der Waals surface area contributed by atoms with Gasteiger partial charge in [0.25, 0.3) is 0 Å². The van der Waals surface area contributed by atoms with Crippen LogP contribution in [0.15, 0.2) is 24.3 Å². The van der Waals surface area contributed by atoms with Crippen LogP contribution in [0.25, 0.3) is 0 Å². The predicted octanol–water partition coefficient (Wildman–Crippen LogP) is 2.38. The van der Waals surface area contributed by atoms with Gasteiger partial charge in [0.1, 0.15) is 12.4 Å². The number of hydrogen-bond donors (Lipinski definition) is 0. The lowest BCUT2D eigenvalue weighted by Crippen LogP contribution is -2.33. The number of ketones is 1. The lowest BCUT2D eigenvalue weighted by atomic mass is 10.1. The van der Waals surface area contributed by atoms with Gasteiger partial charge in [0, 0.05) is 26.2 Å². The summed E-state index contributed by atoms with van der Waals surface area (Å²) in [6.07, 6.45) is 2.54. The first kappa shape index (κ1) is 15.0. The molecule has 4 nitrogen and oxygen atoms in total. The highest BCUT2D eigenvalue weighted by molar-refractivity contribution is 5.96. The standard InChI is InChI=1S/C16H23NO3/c1-13(18)15-5-3-4-6-16(15)20-12-10-17(9-11-19-2)14-7-8-14/h3-6,14H,7-12H2,1-2H3. The molecule has 0 atom stereocenters. The SMILES string of the molecule is COCCN(CCOc1ccccc1C(C)=O)C1CC1. The number of hydrogen-bond acceptors (Lipinski definition) is 4. The molecule has 1 aromatic carbocycles. The average molecular weight is 277 g/mol. The maximum absolute atomic E-state index is 11.5. The summed E-state index contributed by atoms with van der Waals surface area (Å²) in [5.41, 5.74) is 0.655. The van der Waals surface area contributed by atoms with Crippen molar-refractivity contribution in [2.24, 2.45) is 0 Å². The number of Topliss-reactive ketones (excluding diaryl/α,β-unsaturated/α-hetero) is 1. The fourth-order valence-electron chi connectivity index (χ4n) is 2.28. The average Bonchev–Trinajstić information content (AvgIpc) is 3.27. The van der Waals surface area contributed by atoms with Crippen molar-refractivity contribution in [3.8, 4) is 5.75 Å². The summed E-state index contributed by atoms with van der Waals surface area (Å²) in [5.74, 6) is 0.724. The molecule has 1 aliphatic carbocycles. The molecular formula is C16H23NO3. The second-order valence-electron chi connectivity index (χ2n) is 5.16. The van der Waals surface area contributed by atoms with Crippen molar-refractivity contribution in [3.63, 3.8) is 0 Å². The van der Waals surface area contributed by atoms with Gasteiger partial charge in [-0.2, -0.15) is 0 Å². The Bertz CT molecular complexity index is 443. The Morgan fingerprint density at radius 3 is 2.60 bits per heavy atom. The van der Waals surface area contributed by atoms with Crippen LogP contribution in [0.3, 0.4) is 0 Å². The number of ether oxygens (including phenoxy) is 2. The molecule has 0 unspecified atom stereocenters. The van der Waals surface area contributed by atoms with Crippen LogP contribution in [0, 0.1) is 0 Å². The van der Waals surface area contributed by atoms with Crippen molar-refractivity contribution in [2.45, 2.75) is 25.8 Å². The largest absolute Gasteiger partial charge is 0.491 e. The van der Waals surface area contributed by atoms with Gasteiger partial charge in [-0.1, -0.05) is 12.1 Å². The van der Waals surface area contributed by atoms with Crippen LogP contribution in [-0.2, 0) is 4.74 Å². The molecule has 0 amide bonds. The molecule has 0 spiro atoms. The van der Waals surface area contributed by atoms with Crippen molar-refractivity contribution >= 4 is 5.78 Å². The first-order valence-corrected chi connectivity index (χ1v) is 7.18. The van der Waals surface area contributed by atoms with Crippen LogP contribution < -0.4 is 4.74 Å². The molecule has 1 aromatic rings. The van der Waals surface area contributed by atoms with Crippen molar-refractivity contribution < 1.29 is 14.3 Å². The van der Waals surface area contributed by atoms with E-state index >= 15 is 0 Å². The van der Waals surface area contributed by atoms with E-state index in [4.69, 9.17) is 9.47 Å². The van der Waals surface area contributed by atoms with E-state index in [1.807, 2.05) is 18.2 Å². The van der Waals surface area contributed by atoms with E-state index in [9.17, 15) is 4.79 Å². The summed E-state index contributed by atoms with van der Waals surface area (Å²) in [6, 6.07) is 8.11. The zero-order chi connectivity index (χ0) is 14.4. The van der Waals surface area contributed by atoms with E-state index in [-0.39, 0.29) is 5.78 Å². The quantitative estimate of drug-likeness (QED) is 0.650. The first-order chi connectivity index (χ1) is 9.72. The molecule has 1 aliphatic rings. The molecule has 0 N–H and O–H groups in total. The van der Waals surface area contributed by atoms with Crippen molar-refractivity contribution in [3.05, 3.63) is 29.8 Å². The monoisotopic (exact) mass is 277 g/mol. The third-order valence-corrected chi connectivity index (χ3v) is 3.55. The van der Waals surface area contributed by atoms with Gasteiger partial charge in [0.05, 0.1) is 12.2 Å². The minimum absolute atomic E-state index is 0.0408. The van der Waals surface area contributed by atoms with Gasteiger partial charge in [-0.05, 0) is 31.9 Å². The predicted molar refractivity (Wildman–Crippen MR) is 78.4 cm³/mol. The fraction of sp³-hybridized carbons (Fsp3) is 0.562. The summed E-state index contributed by atoms with van der Waals surface area (Å²) in [4.78, 5) is 13.9. The normalized spacial score (nSPS) is 14.6. The molecule has 0 bridgehead atoms. The summed E-state index contributed by atoms with van der Waals surface area (Å²) in [5, 5.41) is 0. The molecule has 0 saturated heterocycles. The third kappa shape index (κ3) is 4.32. The number of nitrogens with zero attached hydrogens (tertiary/aromatic N) is 1. The van der Waals surface area contributed by atoms with Crippen LogP contribution in [0.4, 0.5) is 0 Å². The van der Waals surface area contributed by atoms with E-state index < -0.39 is 0 Å². The van der Waals surface area contributed by atoms with E-state index in [0.717, 1.165) is 19.7 Å². The Hall–Kier alpha value is -1.39. The maximum Gasteiger partial charge on any atom is 0.163 e. The van der Waals surface area contributed by atoms with Crippen LogP contribution in [0.2, 0.25) is 0 Å². The number of benzene rings is 1. The van der Waals surface area contributed by atoms with E-state index in [1.165, 1.54) is 12.8 Å². The highest BCUT2D eigenvalue weighted by Crippen LogP contribution is 2.26. The van der Waals surface area contributed by atoms with Gasteiger partial charge in [-0.25, -0.2) is 0 Å². The molecule has 2 rings (SSSR count). The molecule has 0 heterocycles. The Kier molecular flexibility index (Phi) is 5.56. The van der Waals surface area contributed by atoms with Gasteiger partial charge in [-0.15, -0.1) is 0 Å². The third-order valence-electron chi connectivity index (χ3n) is 3.55. The van der Waals surface area contributed by atoms with Crippen LogP contribution in [-0.4, -0.2) is 50.1 Å². The molecule has 1 fully saturated rings. The highest BCUT2D eigenvalue weighted by Gasteiger charge is 2.28. The van der Waals surface area contributed by atoms with Crippen molar-refractivity contribution in [1.82, 2.24) is 4.90 Å². The van der Waals surface area contributed by atoms with Gasteiger partial charge in [0.15, 0.2) is 5.78 Å². The number of rotatable bonds is 9. The Morgan fingerprint density at radius 2 is 1.95 bits per heavy atom. The van der Waals surface area contributed by atoms with Crippen LogP contribution in [0.5, 0.6) is 5.75 Å². The summed E-state index contributed by atoms with van der Waals surface area (Å²) in [7, 11) is 1.73. The second-order valence-corrected chi connectivity index (χ2v) is 5.16. The van der Waals surface area contributed by atoms with E-state index in [0.29, 0.717) is 24.0 Å². The molecule has 0 radical (unpaired) electrons. The minimum atomic E-state index is 0.0408. The Morgan fingerprint density at radius 1 is 1.25 bits per heavy atom. The second kappa shape index (κ2) is 7.41. The molecule has 0 aromatic heterocycles. The molecule has 110 valence electrons. The summed E-state index contributed by atoms with van der Waals surface area (Å²) >= 11 is 0. The molecule has 0 aliphatic heterocycles. The summed E-state index contributed by atoms with van der Waals surface area (Å²) < 4.78 is 10.9. The van der Waals surface area contributed by atoms with E-state index in [1.54, 1.807) is 20.1 Å². The maximum atomic E-state index is 11.5. The van der Waals surface area contributed by atoms with Gasteiger partial charge in [0.2, 0.25) is 0 Å². The van der Waals surface area contributed by atoms with E-state index in [2.05, 4.69) is 4.90 Å². The first-order valence-electron chi connectivity index (χ1n) is 7.18. The number of para-hydroxylation sites is 1. The minimum Gasteiger partial charge on any atom is -0.491 e. The molecule has 20 heavy (non-hydrogen) atoms. The van der Waals surface area contributed by atoms with Gasteiger partial charge < -0.3 is 9.47 Å². The molecule has 1 saturated carbocycles. The fourth-order valence-corrected chi connectivity index (χ4v) is 2.28. The topological polar surface area (TPSA) is 38.8 Å². The Balaban J connectivity index is 1.83. The van der Waals surface area contributed by atoms with Gasteiger partial charge in [-0.3, -0.25) is 9.69 Å². The highest BCUT2D eigenvalue weighted by atomic mass is 16.5. The van der Waals surface area contributed by atoms with Crippen molar-refractivity contribution in [1.29, 1.82) is 0 Å². The lowest BCUT2D eigenvalue weighted by molar-refractivity contribution is 0.101. The summed E-state index contributed by atoms with van der Waals surface area (Å²) in [6.45, 7) is 4.74. The number of carbonyl (C=O) groups excluding carboxylic acids is 1. The lowest BCUT2D eigenvalue weighted by Gasteiger charge is -2.21.